The van der Waals surface area contributed by atoms with E-state index in [2.05, 4.69) is 26.6 Å². The van der Waals surface area contributed by atoms with Gasteiger partial charge in [0.1, 0.15) is 74.2 Å². The van der Waals surface area contributed by atoms with Gasteiger partial charge in [-0.2, -0.15) is 0 Å². The van der Waals surface area contributed by atoms with Crippen molar-refractivity contribution in [3.05, 3.63) is 71.8 Å². The van der Waals surface area contributed by atoms with Crippen LogP contribution in [-0.2, 0) is 75.1 Å². The zero-order chi connectivity index (χ0) is 60.6. The lowest BCUT2D eigenvalue weighted by molar-refractivity contribution is -0.292. The molecule has 0 bridgehead atoms. The lowest BCUT2D eigenvalue weighted by Crippen LogP contribution is -2.58. The Morgan fingerprint density at radius 2 is 0.904 bits per heavy atom. The second-order valence-electron chi connectivity index (χ2n) is 20.3. The quantitative estimate of drug-likeness (QED) is 0.0243. The van der Waals surface area contributed by atoms with E-state index in [-0.39, 0.29) is 91.3 Å². The second kappa shape index (κ2) is 35.0. The van der Waals surface area contributed by atoms with E-state index in [0.29, 0.717) is 11.1 Å². The van der Waals surface area contributed by atoms with Crippen LogP contribution < -0.4 is 26.6 Å². The lowest BCUT2D eigenvalue weighted by atomic mass is 10.0. The number of alkyl carbamates (subject to hydrolysis) is 1. The number of nitrogens with zero attached hydrogens (tertiary/aromatic N) is 1. The molecule has 83 heavy (non-hydrogen) atoms. The lowest BCUT2D eigenvalue weighted by Gasteiger charge is -2.39. The zero-order valence-electron chi connectivity index (χ0n) is 46.6. The fraction of sp³-hybridized carbons (Fsp3) is 0.667. The van der Waals surface area contributed by atoms with E-state index in [1.165, 1.54) is 25.7 Å². The van der Waals surface area contributed by atoms with Crippen molar-refractivity contribution in [2.24, 2.45) is 0 Å². The fourth-order valence-electron chi connectivity index (χ4n) is 8.93. The molecule has 0 unspecified atom stereocenters. The van der Waals surface area contributed by atoms with Crippen LogP contribution in [0.25, 0.3) is 0 Å². The third kappa shape index (κ3) is 22.1. The van der Waals surface area contributed by atoms with Crippen molar-refractivity contribution in [2.75, 3.05) is 59.1 Å². The predicted molar refractivity (Wildman–Crippen MR) is 285 cm³/mol. The molecule has 29 nitrogen and oxygen atoms in total. The normalized spacial score (nSPS) is 28.7. The maximum absolute atomic E-state index is 14.2. The number of hydrogen-bond donors (Lipinski definition) is 14. The van der Waals surface area contributed by atoms with Crippen LogP contribution in [0.15, 0.2) is 60.7 Å². The Morgan fingerprint density at radius 1 is 0.494 bits per heavy atom. The summed E-state index contributed by atoms with van der Waals surface area (Å²) in [6, 6.07) is 15.2. The highest BCUT2D eigenvalue weighted by molar-refractivity contribution is 5.86. The van der Waals surface area contributed by atoms with Gasteiger partial charge >= 0.3 is 12.1 Å². The molecular formula is C54H82N6O23. The fourth-order valence-corrected chi connectivity index (χ4v) is 8.93. The van der Waals surface area contributed by atoms with Crippen LogP contribution in [0.1, 0.15) is 64.0 Å². The molecule has 2 aromatic rings. The number of aliphatic hydroxyl groups is 9. The molecule has 3 saturated heterocycles. The first-order valence-electron chi connectivity index (χ1n) is 27.6. The van der Waals surface area contributed by atoms with E-state index >= 15 is 0 Å². The Morgan fingerprint density at radius 3 is 1.35 bits per heavy atom. The molecule has 17 atom stereocenters. The number of unbranched alkanes of at least 4 members (excludes halogenated alkanes) is 1. The van der Waals surface area contributed by atoms with Gasteiger partial charge < -0.3 is 110 Å². The molecule has 5 amide bonds. The summed E-state index contributed by atoms with van der Waals surface area (Å²) < 4.78 is 43.8. The summed E-state index contributed by atoms with van der Waals surface area (Å²) in [4.78, 5) is 82.1. The number of ether oxygens (including phenoxy) is 8. The van der Waals surface area contributed by atoms with E-state index in [4.69, 9.17) is 37.9 Å². The van der Waals surface area contributed by atoms with Crippen LogP contribution in [0.5, 0.6) is 0 Å². The Hall–Kier alpha value is -5.58. The molecule has 29 heteroatoms. The van der Waals surface area contributed by atoms with Gasteiger partial charge in [0, 0.05) is 32.6 Å². The monoisotopic (exact) mass is 1180 g/mol. The number of nitrogens with one attached hydrogen (secondary N) is 5. The molecule has 3 heterocycles. The Bertz CT molecular complexity index is 2240. The van der Waals surface area contributed by atoms with E-state index < -0.39 is 153 Å². The standard InChI is InChI=1S/C54H82N6O23/c1-30-40(64)43(67)46(70)51(81-30)76-23-20-56-38(62)26-60(27-39(63)57-21-24-77-52-47(71)44(68)41(65)31(2)82-52)36(49(73)58-22-25-78-53-48(72)45(69)42(66)32(3)83-53)16-10-11-19-55-37(61)18-17-35(50(74)79-28-33-12-6-4-7-13-33)59-54(75)80-29-34-14-8-5-9-15-34/h4-9,12-15,30-32,35-36,40-48,51-53,64-72H,10-11,16-29H2,1-3H3,(H,55,61)(H,56,62)(H,57,63)(H,58,73)(H,59,75)/t30-,31-,32-,35-,36-,40+,41+,42+,43+,44+,45+,46-,47-,48-,51+,52+,53+/m0/s1. The Balaban J connectivity index is 1.23. The van der Waals surface area contributed by atoms with E-state index in [1.54, 1.807) is 60.7 Å². The first-order valence-corrected chi connectivity index (χ1v) is 27.6. The van der Waals surface area contributed by atoms with Crippen molar-refractivity contribution in [2.45, 2.75) is 170 Å². The van der Waals surface area contributed by atoms with Gasteiger partial charge in [0.25, 0.3) is 0 Å². The smallest absolute Gasteiger partial charge is 0.408 e. The summed E-state index contributed by atoms with van der Waals surface area (Å²) in [5.74, 6) is -3.40. The number of amides is 5. The molecule has 2 aromatic carbocycles. The number of benzene rings is 2. The first-order chi connectivity index (χ1) is 39.6. The van der Waals surface area contributed by atoms with Crippen molar-refractivity contribution >= 4 is 35.7 Å². The highest BCUT2D eigenvalue weighted by atomic mass is 16.7. The molecule has 0 aromatic heterocycles. The third-order valence-corrected chi connectivity index (χ3v) is 13.9. The molecule has 14 N–H and O–H groups in total. The van der Waals surface area contributed by atoms with Crippen LogP contribution in [-0.4, -0.2) is 250 Å². The number of rotatable bonds is 32. The molecule has 466 valence electrons. The van der Waals surface area contributed by atoms with E-state index in [1.807, 2.05) is 0 Å². The summed E-state index contributed by atoms with van der Waals surface area (Å²) in [5.41, 5.74) is 1.40. The van der Waals surface area contributed by atoms with Gasteiger partial charge in [-0.15, -0.1) is 0 Å². The van der Waals surface area contributed by atoms with Gasteiger partial charge in [-0.05, 0) is 57.6 Å². The largest absolute Gasteiger partial charge is 0.459 e. The average molecular weight is 1180 g/mol. The number of esters is 1. The van der Waals surface area contributed by atoms with E-state index in [0.717, 1.165) is 0 Å². The Labute approximate surface area is 479 Å². The van der Waals surface area contributed by atoms with Gasteiger partial charge in [-0.1, -0.05) is 60.7 Å². The summed E-state index contributed by atoms with van der Waals surface area (Å²) in [6.07, 6.45) is -21.4. The van der Waals surface area contributed by atoms with E-state index in [9.17, 15) is 74.7 Å². The molecule has 3 aliphatic rings. The summed E-state index contributed by atoms with van der Waals surface area (Å²) in [6.45, 7) is 1.74. The Kier molecular flexibility index (Phi) is 28.8. The van der Waals surface area contributed by atoms with Gasteiger partial charge in [-0.25, -0.2) is 9.59 Å². The van der Waals surface area contributed by atoms with Crippen molar-refractivity contribution in [3.63, 3.8) is 0 Å². The molecular weight excluding hydrogens is 1100 g/mol. The molecule has 0 radical (unpaired) electrons. The zero-order valence-corrected chi connectivity index (χ0v) is 46.6. The van der Waals surface area contributed by atoms with Crippen LogP contribution in [0.2, 0.25) is 0 Å². The second-order valence-corrected chi connectivity index (χ2v) is 20.3. The van der Waals surface area contributed by atoms with Gasteiger partial charge in [-0.3, -0.25) is 24.1 Å². The molecule has 0 saturated carbocycles. The predicted octanol–water partition coefficient (Wildman–Crippen LogP) is -4.36. The van der Waals surface area contributed by atoms with Crippen LogP contribution in [0.4, 0.5) is 4.79 Å². The maximum Gasteiger partial charge on any atom is 0.408 e. The maximum atomic E-state index is 14.2. The van der Waals surface area contributed by atoms with Crippen LogP contribution in [0, 0.1) is 0 Å². The molecule has 3 aliphatic heterocycles. The summed E-state index contributed by atoms with van der Waals surface area (Å²) >= 11 is 0. The summed E-state index contributed by atoms with van der Waals surface area (Å²) in [5, 5.41) is 105. The molecule has 0 aliphatic carbocycles. The molecule has 5 rings (SSSR count). The molecule has 3 fully saturated rings. The van der Waals surface area contributed by atoms with Gasteiger partial charge in [0.05, 0.1) is 57.3 Å². The first kappa shape index (κ1) is 68.2. The number of carbonyl (C=O) groups excluding carboxylic acids is 6. The van der Waals surface area contributed by atoms with Crippen molar-refractivity contribution < 1.29 is 113 Å². The minimum atomic E-state index is -1.63. The molecule has 0 spiro atoms. The number of aliphatic hydroxyl groups excluding tert-OH is 9. The van der Waals surface area contributed by atoms with Gasteiger partial charge in [0.15, 0.2) is 18.9 Å². The summed E-state index contributed by atoms with van der Waals surface area (Å²) in [7, 11) is 0. The highest BCUT2D eigenvalue weighted by Crippen LogP contribution is 2.24. The van der Waals surface area contributed by atoms with Crippen LogP contribution >= 0.6 is 0 Å². The number of carbonyl (C=O) groups is 6. The average Bonchev–Trinajstić information content (AvgIpc) is 3.60. The third-order valence-electron chi connectivity index (χ3n) is 13.9. The topological polar surface area (TPSA) is 422 Å². The number of hydrogen-bond acceptors (Lipinski definition) is 24. The minimum Gasteiger partial charge on any atom is -0.459 e. The van der Waals surface area contributed by atoms with Gasteiger partial charge in [0.2, 0.25) is 23.6 Å². The van der Waals surface area contributed by atoms with Crippen LogP contribution in [0.3, 0.4) is 0 Å². The SMILES string of the molecule is C[C@@H]1O[C@@H](OCCNC(=O)CN(CC(=O)NCCO[C@@H]2O[C@@H](C)[C@@H](O)[C@@H](O)[C@@H]2O)[C@@H](CCCCNC(=O)CC[C@H](NC(=O)OCc2ccccc2)C(=O)OCc2ccccc2)C(=O)NCCO[C@@H]2O[C@@H](C)[C@@H](O)[C@@H](O)[C@@H]2O)[C@@H](O)[C@H](O)[C@@H]1O. The van der Waals surface area contributed by atoms with Crippen molar-refractivity contribution in [1.82, 2.24) is 31.5 Å². The van der Waals surface area contributed by atoms with Crippen molar-refractivity contribution in [3.8, 4) is 0 Å². The highest BCUT2D eigenvalue weighted by Gasteiger charge is 2.45. The minimum absolute atomic E-state index is 0.0295. The van der Waals surface area contributed by atoms with Crippen molar-refractivity contribution in [1.29, 1.82) is 0 Å².